The van der Waals surface area contributed by atoms with Gasteiger partial charge >= 0.3 is 0 Å². The van der Waals surface area contributed by atoms with Crippen molar-refractivity contribution in [2.24, 2.45) is 0 Å². The highest BCUT2D eigenvalue weighted by Crippen LogP contribution is 2.12. The molecule has 3 rings (SSSR count). The number of hydrogen-bond donors (Lipinski definition) is 1. The van der Waals surface area contributed by atoms with E-state index in [2.05, 4.69) is 20.5 Å². The van der Waals surface area contributed by atoms with Gasteiger partial charge in [0.05, 0.1) is 0 Å². The first-order chi connectivity index (χ1) is 10.2. The summed E-state index contributed by atoms with van der Waals surface area (Å²) < 4.78 is 1.74. The Morgan fingerprint density at radius 3 is 2.71 bits per heavy atom. The van der Waals surface area contributed by atoms with Gasteiger partial charge in [0.15, 0.2) is 0 Å². The van der Waals surface area contributed by atoms with Crippen LogP contribution in [-0.4, -0.2) is 25.7 Å². The Labute approximate surface area is 121 Å². The van der Waals surface area contributed by atoms with Crippen LogP contribution in [0.2, 0.25) is 0 Å². The Hall–Kier alpha value is -3.02. The van der Waals surface area contributed by atoms with E-state index in [1.807, 2.05) is 31.2 Å². The minimum Gasteiger partial charge on any atom is -0.307 e. The summed E-state index contributed by atoms with van der Waals surface area (Å²) in [6, 6.07) is 10.9. The topological polar surface area (TPSA) is 72.7 Å². The van der Waals surface area contributed by atoms with E-state index in [1.165, 1.54) is 0 Å². The summed E-state index contributed by atoms with van der Waals surface area (Å²) in [6.07, 6.45) is 4.83. The highest BCUT2D eigenvalue weighted by molar-refractivity contribution is 6.04. The van der Waals surface area contributed by atoms with Crippen molar-refractivity contribution in [3.8, 4) is 5.69 Å². The van der Waals surface area contributed by atoms with Crippen molar-refractivity contribution in [1.29, 1.82) is 0 Å². The number of carbonyl (C=O) groups excluding carboxylic acids is 1. The number of aromatic nitrogens is 4. The smallest absolute Gasteiger partial charge is 0.256 e. The van der Waals surface area contributed by atoms with Gasteiger partial charge in [0.25, 0.3) is 5.91 Å². The van der Waals surface area contributed by atoms with Crippen molar-refractivity contribution in [2.45, 2.75) is 6.92 Å². The van der Waals surface area contributed by atoms with Crippen LogP contribution in [0.25, 0.3) is 5.69 Å². The second-order valence-electron chi connectivity index (χ2n) is 4.59. The molecular formula is C15H13N5O. The van der Waals surface area contributed by atoms with Crippen LogP contribution in [0.5, 0.6) is 0 Å². The molecule has 0 saturated carbocycles. The Morgan fingerprint density at radius 1 is 1.14 bits per heavy atom. The second-order valence-corrected chi connectivity index (χ2v) is 4.59. The number of benzene rings is 1. The minimum atomic E-state index is -0.206. The Kier molecular flexibility index (Phi) is 3.42. The number of pyridine rings is 1. The summed E-state index contributed by atoms with van der Waals surface area (Å²) in [5.74, 6) is 0.331. The van der Waals surface area contributed by atoms with Crippen molar-refractivity contribution in [3.63, 3.8) is 0 Å². The van der Waals surface area contributed by atoms with E-state index < -0.39 is 0 Å². The van der Waals surface area contributed by atoms with E-state index >= 15 is 0 Å². The Balaban J connectivity index is 1.83. The molecule has 0 unspecified atom stereocenters. The predicted molar refractivity (Wildman–Crippen MR) is 78.3 cm³/mol. The molecule has 0 bridgehead atoms. The summed E-state index contributed by atoms with van der Waals surface area (Å²) in [7, 11) is 0. The third-order valence-electron chi connectivity index (χ3n) is 2.98. The maximum absolute atomic E-state index is 12.3. The first-order valence-electron chi connectivity index (χ1n) is 6.41. The molecule has 0 fully saturated rings. The van der Waals surface area contributed by atoms with E-state index in [0.717, 1.165) is 11.3 Å². The summed E-state index contributed by atoms with van der Waals surface area (Å²) in [6.45, 7) is 1.95. The SMILES string of the molecule is Cc1ccnc(NC(=O)c2cccc(-n3cnnc3)c2)c1. The van der Waals surface area contributed by atoms with Gasteiger partial charge in [-0.1, -0.05) is 6.07 Å². The number of hydrogen-bond acceptors (Lipinski definition) is 4. The predicted octanol–water partition coefficient (Wildman–Crippen LogP) is 2.22. The molecular weight excluding hydrogens is 266 g/mol. The molecule has 1 aromatic carbocycles. The van der Waals surface area contributed by atoms with Gasteiger partial charge in [0.2, 0.25) is 0 Å². The quantitative estimate of drug-likeness (QED) is 0.798. The lowest BCUT2D eigenvalue weighted by atomic mass is 10.2. The number of nitrogens with zero attached hydrogens (tertiary/aromatic N) is 4. The molecule has 0 aliphatic carbocycles. The molecule has 0 atom stereocenters. The number of amides is 1. The molecule has 0 aliphatic rings. The number of rotatable bonds is 3. The number of nitrogens with one attached hydrogen (secondary N) is 1. The molecule has 6 nitrogen and oxygen atoms in total. The molecule has 2 aromatic heterocycles. The van der Waals surface area contributed by atoms with E-state index in [1.54, 1.807) is 35.6 Å². The molecule has 1 amide bonds. The first-order valence-corrected chi connectivity index (χ1v) is 6.41. The normalized spacial score (nSPS) is 10.3. The summed E-state index contributed by atoms with van der Waals surface area (Å²) in [5, 5.41) is 10.3. The van der Waals surface area contributed by atoms with E-state index in [4.69, 9.17) is 0 Å². The zero-order chi connectivity index (χ0) is 14.7. The molecule has 2 heterocycles. The summed E-state index contributed by atoms with van der Waals surface area (Å²) in [4.78, 5) is 16.4. The van der Waals surface area contributed by atoms with Crippen LogP contribution in [0.1, 0.15) is 15.9 Å². The standard InChI is InChI=1S/C15H13N5O/c1-11-5-6-16-14(7-11)19-15(21)12-3-2-4-13(8-12)20-9-17-18-10-20/h2-10H,1H3,(H,16,19,21). The van der Waals surface area contributed by atoms with E-state index in [0.29, 0.717) is 11.4 Å². The van der Waals surface area contributed by atoms with Crippen molar-refractivity contribution < 1.29 is 4.79 Å². The summed E-state index contributed by atoms with van der Waals surface area (Å²) in [5.41, 5.74) is 2.41. The Morgan fingerprint density at radius 2 is 1.95 bits per heavy atom. The lowest BCUT2D eigenvalue weighted by Gasteiger charge is -2.07. The minimum absolute atomic E-state index is 0.206. The third-order valence-corrected chi connectivity index (χ3v) is 2.98. The van der Waals surface area contributed by atoms with Gasteiger partial charge in [-0.2, -0.15) is 0 Å². The van der Waals surface area contributed by atoms with Gasteiger partial charge in [0, 0.05) is 17.4 Å². The average Bonchev–Trinajstić information content (AvgIpc) is 3.02. The highest BCUT2D eigenvalue weighted by atomic mass is 16.1. The maximum atomic E-state index is 12.3. The molecule has 0 spiro atoms. The van der Waals surface area contributed by atoms with Crippen LogP contribution >= 0.6 is 0 Å². The molecule has 0 saturated heterocycles. The molecule has 0 radical (unpaired) electrons. The van der Waals surface area contributed by atoms with Crippen molar-refractivity contribution >= 4 is 11.7 Å². The monoisotopic (exact) mass is 279 g/mol. The van der Waals surface area contributed by atoms with Crippen LogP contribution in [0.4, 0.5) is 5.82 Å². The average molecular weight is 279 g/mol. The van der Waals surface area contributed by atoms with Gasteiger partial charge in [-0.3, -0.25) is 9.36 Å². The zero-order valence-corrected chi connectivity index (χ0v) is 11.4. The van der Waals surface area contributed by atoms with Gasteiger partial charge in [0.1, 0.15) is 18.5 Å². The number of aryl methyl sites for hydroxylation is 1. The van der Waals surface area contributed by atoms with Crippen molar-refractivity contribution in [2.75, 3.05) is 5.32 Å². The lowest BCUT2D eigenvalue weighted by Crippen LogP contribution is -2.13. The molecule has 1 N–H and O–H groups in total. The highest BCUT2D eigenvalue weighted by Gasteiger charge is 2.08. The second kappa shape index (κ2) is 5.54. The van der Waals surface area contributed by atoms with Crippen molar-refractivity contribution in [3.05, 3.63) is 66.4 Å². The molecule has 3 aromatic rings. The first kappa shape index (κ1) is 13.0. The maximum Gasteiger partial charge on any atom is 0.256 e. The molecule has 0 aliphatic heterocycles. The fraction of sp³-hybridized carbons (Fsp3) is 0.0667. The number of anilines is 1. The van der Waals surface area contributed by atoms with Crippen LogP contribution in [0.15, 0.2) is 55.2 Å². The lowest BCUT2D eigenvalue weighted by molar-refractivity contribution is 0.102. The molecule has 21 heavy (non-hydrogen) atoms. The molecule has 104 valence electrons. The van der Waals surface area contributed by atoms with Crippen LogP contribution in [0, 0.1) is 6.92 Å². The zero-order valence-electron chi connectivity index (χ0n) is 11.4. The fourth-order valence-corrected chi connectivity index (χ4v) is 1.93. The van der Waals surface area contributed by atoms with Crippen LogP contribution in [0.3, 0.4) is 0 Å². The fourth-order valence-electron chi connectivity index (χ4n) is 1.93. The van der Waals surface area contributed by atoms with E-state index in [9.17, 15) is 4.79 Å². The number of carbonyl (C=O) groups is 1. The van der Waals surface area contributed by atoms with Crippen LogP contribution in [-0.2, 0) is 0 Å². The largest absolute Gasteiger partial charge is 0.307 e. The molecule has 6 heteroatoms. The Bertz CT molecular complexity index is 767. The van der Waals surface area contributed by atoms with Crippen LogP contribution < -0.4 is 5.32 Å². The summed E-state index contributed by atoms with van der Waals surface area (Å²) >= 11 is 0. The van der Waals surface area contributed by atoms with Gasteiger partial charge in [-0.25, -0.2) is 4.98 Å². The van der Waals surface area contributed by atoms with Gasteiger partial charge in [-0.15, -0.1) is 10.2 Å². The van der Waals surface area contributed by atoms with E-state index in [-0.39, 0.29) is 5.91 Å². The van der Waals surface area contributed by atoms with Crippen molar-refractivity contribution in [1.82, 2.24) is 19.7 Å². The third kappa shape index (κ3) is 2.94. The van der Waals surface area contributed by atoms with Gasteiger partial charge in [-0.05, 0) is 42.8 Å². The van der Waals surface area contributed by atoms with Gasteiger partial charge < -0.3 is 5.32 Å².